The Kier molecular flexibility index (Phi) is 6.23. The lowest BCUT2D eigenvalue weighted by Crippen LogP contribution is -2.30. The topological polar surface area (TPSA) is 9.23 Å². The van der Waals surface area contributed by atoms with Gasteiger partial charge in [0, 0.05) is 11.5 Å². The van der Waals surface area contributed by atoms with Gasteiger partial charge < -0.3 is 4.74 Å². The van der Waals surface area contributed by atoms with Crippen LogP contribution >= 0.6 is 0 Å². The predicted molar refractivity (Wildman–Crippen MR) is 116 cm³/mol. The highest BCUT2D eigenvalue weighted by Gasteiger charge is 2.35. The van der Waals surface area contributed by atoms with Crippen LogP contribution in [0.2, 0.25) is 0 Å². The molecule has 2 aromatic rings. The quantitative estimate of drug-likeness (QED) is 0.462. The molecule has 2 aromatic carbocycles. The summed E-state index contributed by atoms with van der Waals surface area (Å²) in [7, 11) is 1.59. The summed E-state index contributed by atoms with van der Waals surface area (Å²) in [6.07, 6.45) is 13.9. The second kappa shape index (κ2) is 8.84. The van der Waals surface area contributed by atoms with E-state index in [2.05, 4.69) is 25.1 Å². The molecule has 0 aromatic heterocycles. The summed E-state index contributed by atoms with van der Waals surface area (Å²) in [5, 5.41) is 1.67. The molecule has 0 radical (unpaired) electrons. The maximum Gasteiger partial charge on any atom is 0.134 e. The molecule has 2 heteroatoms. The van der Waals surface area contributed by atoms with Crippen LogP contribution in [0.3, 0.4) is 0 Å². The normalized spacial score (nSPS) is 27.5. The molecule has 2 unspecified atom stereocenters. The van der Waals surface area contributed by atoms with Gasteiger partial charge in [-0.1, -0.05) is 51.2 Å². The molecule has 0 amide bonds. The molecule has 0 N–H and O–H groups in total. The Morgan fingerprint density at radius 3 is 2.61 bits per heavy atom. The monoisotopic (exact) mass is 382 g/mol. The lowest BCUT2D eigenvalue weighted by Gasteiger charge is -2.42. The van der Waals surface area contributed by atoms with Crippen molar-refractivity contribution in [1.82, 2.24) is 0 Å². The van der Waals surface area contributed by atoms with Crippen molar-refractivity contribution in [2.24, 2.45) is 17.8 Å². The number of halogens is 1. The van der Waals surface area contributed by atoms with Crippen molar-refractivity contribution in [1.29, 1.82) is 0 Å². The molecule has 28 heavy (non-hydrogen) atoms. The highest BCUT2D eigenvalue weighted by molar-refractivity contribution is 5.85. The Morgan fingerprint density at radius 1 is 0.964 bits per heavy atom. The third-order valence-electron chi connectivity index (χ3n) is 7.55. The summed E-state index contributed by atoms with van der Waals surface area (Å²) >= 11 is 0. The molecule has 2 aliphatic rings. The van der Waals surface area contributed by atoms with Crippen LogP contribution in [0.25, 0.3) is 10.8 Å². The number of rotatable bonds is 6. The zero-order valence-corrected chi connectivity index (χ0v) is 17.6. The van der Waals surface area contributed by atoms with Crippen molar-refractivity contribution in [3.8, 4) is 5.75 Å². The molecule has 2 saturated carbocycles. The van der Waals surface area contributed by atoms with Gasteiger partial charge in [-0.3, -0.25) is 0 Å². The molecular weight excluding hydrogens is 347 g/mol. The second-order valence-corrected chi connectivity index (χ2v) is 9.29. The highest BCUT2D eigenvalue weighted by Crippen LogP contribution is 2.48. The molecule has 4 rings (SSSR count). The molecule has 2 fully saturated rings. The maximum absolute atomic E-state index is 14.5. The van der Waals surface area contributed by atoms with Crippen LogP contribution in [0.5, 0.6) is 5.75 Å². The molecule has 4 atom stereocenters. The van der Waals surface area contributed by atoms with E-state index in [1.54, 1.807) is 7.11 Å². The summed E-state index contributed by atoms with van der Waals surface area (Å²) in [4.78, 5) is 0. The van der Waals surface area contributed by atoms with Gasteiger partial charge in [0.1, 0.15) is 11.6 Å². The number of hydrogen-bond acceptors (Lipinski definition) is 1. The minimum atomic E-state index is -0.169. The van der Waals surface area contributed by atoms with E-state index in [9.17, 15) is 4.39 Å². The van der Waals surface area contributed by atoms with Crippen molar-refractivity contribution in [2.75, 3.05) is 7.11 Å². The third kappa shape index (κ3) is 4.21. The maximum atomic E-state index is 14.5. The molecule has 0 heterocycles. The molecule has 0 saturated heterocycles. The molecule has 1 nitrogen and oxygen atoms in total. The van der Waals surface area contributed by atoms with Gasteiger partial charge in [-0.05, 0) is 78.9 Å². The van der Waals surface area contributed by atoms with Crippen LogP contribution in [0, 0.1) is 23.6 Å². The number of fused-ring (bicyclic) bond motifs is 2. The Labute approximate surface area is 169 Å². The molecular formula is C26H35FO. The number of methoxy groups -OCH3 is 1. The zero-order chi connectivity index (χ0) is 19.5. The van der Waals surface area contributed by atoms with Gasteiger partial charge >= 0.3 is 0 Å². The van der Waals surface area contributed by atoms with Gasteiger partial charge in [-0.2, -0.15) is 0 Å². The van der Waals surface area contributed by atoms with E-state index in [4.69, 9.17) is 4.74 Å². The molecule has 2 aliphatic carbocycles. The predicted octanol–water partition coefficient (Wildman–Crippen LogP) is 7.87. The lowest BCUT2D eigenvalue weighted by atomic mass is 9.63. The number of benzene rings is 2. The summed E-state index contributed by atoms with van der Waals surface area (Å²) < 4.78 is 19.7. The van der Waals surface area contributed by atoms with Crippen LogP contribution in [0.15, 0.2) is 30.3 Å². The Hall–Kier alpha value is -1.57. The first-order valence-corrected chi connectivity index (χ1v) is 11.4. The van der Waals surface area contributed by atoms with Crippen molar-refractivity contribution in [2.45, 2.75) is 77.0 Å². The van der Waals surface area contributed by atoms with E-state index in [1.165, 1.54) is 75.8 Å². The summed E-state index contributed by atoms with van der Waals surface area (Å²) in [5.74, 6) is 3.83. The van der Waals surface area contributed by atoms with Gasteiger partial charge in [0.15, 0.2) is 0 Å². The first-order chi connectivity index (χ1) is 13.7. The van der Waals surface area contributed by atoms with Crippen molar-refractivity contribution < 1.29 is 9.13 Å². The largest absolute Gasteiger partial charge is 0.497 e. The van der Waals surface area contributed by atoms with Gasteiger partial charge in [0.05, 0.1) is 7.11 Å². The minimum Gasteiger partial charge on any atom is -0.497 e. The Morgan fingerprint density at radius 2 is 1.79 bits per heavy atom. The smallest absolute Gasteiger partial charge is 0.134 e. The Bertz CT molecular complexity index is 798. The minimum absolute atomic E-state index is 0.169. The SMILES string of the molecule is CCCCCC1CCC2C[C@H](c3ccc4cc(OC)cc(F)c4c3)CC[C@@H]2C1. The average molecular weight is 383 g/mol. The zero-order valence-electron chi connectivity index (χ0n) is 17.6. The summed E-state index contributed by atoms with van der Waals surface area (Å²) in [6.45, 7) is 2.30. The lowest BCUT2D eigenvalue weighted by molar-refractivity contribution is 0.113. The van der Waals surface area contributed by atoms with Crippen LogP contribution in [0.1, 0.15) is 82.6 Å². The fourth-order valence-corrected chi connectivity index (χ4v) is 5.91. The second-order valence-electron chi connectivity index (χ2n) is 9.29. The number of hydrogen-bond donors (Lipinski definition) is 0. The van der Waals surface area contributed by atoms with E-state index >= 15 is 0 Å². The van der Waals surface area contributed by atoms with Gasteiger partial charge in [0.25, 0.3) is 0 Å². The fraction of sp³-hybridized carbons (Fsp3) is 0.615. The van der Waals surface area contributed by atoms with E-state index in [-0.39, 0.29) is 5.82 Å². The highest BCUT2D eigenvalue weighted by atomic mass is 19.1. The van der Waals surface area contributed by atoms with Crippen LogP contribution in [-0.4, -0.2) is 7.11 Å². The van der Waals surface area contributed by atoms with E-state index < -0.39 is 0 Å². The van der Waals surface area contributed by atoms with Crippen molar-refractivity contribution in [3.05, 3.63) is 41.7 Å². The number of unbranched alkanes of at least 4 members (excludes halogenated alkanes) is 2. The standard InChI is InChI=1S/C26H35FO/c1-3-4-5-6-18-7-8-20-14-21(10-9-19(20)13-18)22-11-12-23-15-24(28-2)17-26(27)25(23)16-22/h11-12,15-21H,3-10,13-14H2,1-2H3/t18?,19-,20?,21-/m1/s1. The van der Waals surface area contributed by atoms with Crippen LogP contribution in [0.4, 0.5) is 4.39 Å². The number of ether oxygens (including phenoxy) is 1. The van der Waals surface area contributed by atoms with Crippen molar-refractivity contribution in [3.63, 3.8) is 0 Å². The Balaban J connectivity index is 1.43. The average Bonchev–Trinajstić information content (AvgIpc) is 2.73. The molecule has 152 valence electrons. The van der Waals surface area contributed by atoms with Crippen LogP contribution in [-0.2, 0) is 0 Å². The molecule has 0 aliphatic heterocycles. The van der Waals surface area contributed by atoms with Crippen molar-refractivity contribution >= 4 is 10.8 Å². The van der Waals surface area contributed by atoms with Gasteiger partial charge in [0.2, 0.25) is 0 Å². The third-order valence-corrected chi connectivity index (χ3v) is 7.55. The summed E-state index contributed by atoms with van der Waals surface area (Å²) in [6, 6.07) is 9.84. The summed E-state index contributed by atoms with van der Waals surface area (Å²) in [5.41, 5.74) is 1.33. The molecule has 0 spiro atoms. The first-order valence-electron chi connectivity index (χ1n) is 11.4. The molecule has 0 bridgehead atoms. The van der Waals surface area contributed by atoms with Gasteiger partial charge in [-0.15, -0.1) is 0 Å². The van der Waals surface area contributed by atoms with E-state index in [0.29, 0.717) is 11.7 Å². The van der Waals surface area contributed by atoms with E-state index in [1.807, 2.05) is 6.07 Å². The fourth-order valence-electron chi connectivity index (χ4n) is 5.91. The van der Waals surface area contributed by atoms with Crippen LogP contribution < -0.4 is 4.74 Å². The van der Waals surface area contributed by atoms with E-state index in [0.717, 1.165) is 28.5 Å². The first kappa shape index (κ1) is 19.7. The van der Waals surface area contributed by atoms with Gasteiger partial charge in [-0.25, -0.2) is 4.39 Å².